The van der Waals surface area contributed by atoms with Crippen LogP contribution in [0.3, 0.4) is 0 Å². The number of ether oxygens (including phenoxy) is 2. The van der Waals surface area contributed by atoms with Crippen LogP contribution in [-0.4, -0.2) is 23.0 Å². The summed E-state index contributed by atoms with van der Waals surface area (Å²) in [5.74, 6) is 0.391. The molecule has 122 valence electrons. The van der Waals surface area contributed by atoms with Crippen molar-refractivity contribution in [2.75, 3.05) is 7.11 Å². The molecule has 0 N–H and O–H groups in total. The molecular formula is C18H16N2O3S. The topological polar surface area (TPSA) is 61.3 Å². The van der Waals surface area contributed by atoms with Crippen molar-refractivity contribution >= 4 is 17.3 Å². The fourth-order valence-electron chi connectivity index (χ4n) is 2.19. The molecule has 0 radical (unpaired) electrons. The first-order valence-corrected chi connectivity index (χ1v) is 8.26. The summed E-state index contributed by atoms with van der Waals surface area (Å²) in [5.41, 5.74) is 2.47. The highest BCUT2D eigenvalue weighted by molar-refractivity contribution is 7.13. The molecule has 1 aromatic carbocycles. The Kier molecular flexibility index (Phi) is 5.18. The molecule has 3 aromatic rings. The van der Waals surface area contributed by atoms with E-state index in [1.54, 1.807) is 19.5 Å². The molecule has 6 heteroatoms. The van der Waals surface area contributed by atoms with Gasteiger partial charge >= 0.3 is 5.97 Å². The number of thiazole rings is 1. The molecule has 0 saturated heterocycles. The van der Waals surface area contributed by atoms with E-state index in [9.17, 15) is 4.79 Å². The van der Waals surface area contributed by atoms with Crippen LogP contribution in [0.1, 0.15) is 11.3 Å². The molecule has 0 aliphatic heterocycles. The number of hydrogen-bond donors (Lipinski definition) is 0. The lowest BCUT2D eigenvalue weighted by Gasteiger charge is -2.08. The van der Waals surface area contributed by atoms with Crippen molar-refractivity contribution in [1.29, 1.82) is 0 Å². The zero-order valence-electron chi connectivity index (χ0n) is 13.1. The van der Waals surface area contributed by atoms with Gasteiger partial charge in [-0.25, -0.2) is 4.98 Å². The third kappa shape index (κ3) is 3.97. The predicted molar refractivity (Wildman–Crippen MR) is 91.8 cm³/mol. The van der Waals surface area contributed by atoms with Crippen molar-refractivity contribution < 1.29 is 14.3 Å². The normalized spacial score (nSPS) is 10.4. The van der Waals surface area contributed by atoms with Crippen molar-refractivity contribution in [3.63, 3.8) is 0 Å². The maximum absolute atomic E-state index is 12.0. The van der Waals surface area contributed by atoms with Gasteiger partial charge in [0.05, 0.1) is 19.2 Å². The van der Waals surface area contributed by atoms with Crippen molar-refractivity contribution in [2.45, 2.75) is 13.0 Å². The van der Waals surface area contributed by atoms with Gasteiger partial charge in [-0.05, 0) is 18.2 Å². The van der Waals surface area contributed by atoms with Gasteiger partial charge in [-0.3, -0.25) is 9.78 Å². The van der Waals surface area contributed by atoms with Crippen LogP contribution in [0.25, 0.3) is 10.6 Å². The minimum atomic E-state index is -0.316. The summed E-state index contributed by atoms with van der Waals surface area (Å²) in [5, 5.41) is 2.71. The summed E-state index contributed by atoms with van der Waals surface area (Å²) in [6.07, 6.45) is 3.61. The highest BCUT2D eigenvalue weighted by Gasteiger charge is 2.11. The van der Waals surface area contributed by atoms with Gasteiger partial charge in [0.2, 0.25) is 0 Å². The number of methoxy groups -OCH3 is 1. The fraction of sp³-hybridized carbons (Fsp3) is 0.167. The smallest absolute Gasteiger partial charge is 0.312 e. The van der Waals surface area contributed by atoms with Gasteiger partial charge in [0, 0.05) is 28.9 Å². The average Bonchev–Trinajstić information content (AvgIpc) is 3.09. The van der Waals surface area contributed by atoms with Crippen LogP contribution in [0.4, 0.5) is 0 Å². The minimum absolute atomic E-state index is 0.145. The number of pyridine rings is 1. The number of hydrogen-bond acceptors (Lipinski definition) is 6. The number of benzene rings is 1. The first-order valence-electron chi connectivity index (χ1n) is 7.38. The second kappa shape index (κ2) is 7.70. The highest BCUT2D eigenvalue weighted by Crippen LogP contribution is 2.23. The Morgan fingerprint density at radius 2 is 2.08 bits per heavy atom. The van der Waals surface area contributed by atoms with Gasteiger partial charge in [0.25, 0.3) is 0 Å². The molecule has 2 heterocycles. The Morgan fingerprint density at radius 1 is 1.21 bits per heavy atom. The van der Waals surface area contributed by atoms with Crippen LogP contribution < -0.4 is 4.74 Å². The first-order chi connectivity index (χ1) is 11.8. The molecule has 24 heavy (non-hydrogen) atoms. The van der Waals surface area contributed by atoms with E-state index < -0.39 is 0 Å². The van der Waals surface area contributed by atoms with Gasteiger partial charge in [0.1, 0.15) is 17.4 Å². The van der Waals surface area contributed by atoms with Gasteiger partial charge < -0.3 is 9.47 Å². The summed E-state index contributed by atoms with van der Waals surface area (Å²) < 4.78 is 10.6. The molecule has 0 spiro atoms. The van der Waals surface area contributed by atoms with E-state index >= 15 is 0 Å². The second-order valence-corrected chi connectivity index (χ2v) is 5.89. The van der Waals surface area contributed by atoms with E-state index in [2.05, 4.69) is 9.97 Å². The maximum Gasteiger partial charge on any atom is 0.312 e. The SMILES string of the molecule is COc1ccccc1COC(=O)Cc1csc(-c2cccnc2)n1. The first kappa shape index (κ1) is 16.1. The molecule has 0 amide bonds. The standard InChI is InChI=1S/C18H16N2O3S/c1-22-16-7-3-2-5-14(16)11-23-17(21)9-15-12-24-18(20-15)13-6-4-8-19-10-13/h2-8,10,12H,9,11H2,1H3. The van der Waals surface area contributed by atoms with Crippen LogP contribution in [0.15, 0.2) is 54.2 Å². The lowest BCUT2D eigenvalue weighted by Crippen LogP contribution is -2.08. The Balaban J connectivity index is 1.58. The number of rotatable bonds is 6. The third-order valence-electron chi connectivity index (χ3n) is 3.37. The molecule has 2 aromatic heterocycles. The number of carbonyl (C=O) groups excluding carboxylic acids is 1. The summed E-state index contributed by atoms with van der Waals surface area (Å²) in [6, 6.07) is 11.3. The van der Waals surface area contributed by atoms with Gasteiger partial charge in [0.15, 0.2) is 0 Å². The number of para-hydroxylation sites is 1. The molecule has 0 bridgehead atoms. The molecule has 3 rings (SSSR count). The van der Waals surface area contributed by atoms with E-state index in [-0.39, 0.29) is 19.0 Å². The number of aromatic nitrogens is 2. The van der Waals surface area contributed by atoms with E-state index in [0.29, 0.717) is 11.4 Å². The van der Waals surface area contributed by atoms with Crippen LogP contribution in [0.5, 0.6) is 5.75 Å². The number of esters is 1. The zero-order valence-corrected chi connectivity index (χ0v) is 14.0. The molecule has 5 nitrogen and oxygen atoms in total. The van der Waals surface area contributed by atoms with Crippen molar-refractivity contribution in [1.82, 2.24) is 9.97 Å². The Morgan fingerprint density at radius 3 is 2.88 bits per heavy atom. The van der Waals surface area contributed by atoms with Crippen LogP contribution in [0, 0.1) is 0 Å². The van der Waals surface area contributed by atoms with Crippen molar-refractivity contribution in [2.24, 2.45) is 0 Å². The molecule has 0 aliphatic carbocycles. The molecular weight excluding hydrogens is 324 g/mol. The summed E-state index contributed by atoms with van der Waals surface area (Å²) in [7, 11) is 1.59. The molecule has 0 aliphatic rings. The highest BCUT2D eigenvalue weighted by atomic mass is 32.1. The Bertz CT molecular complexity index is 818. The maximum atomic E-state index is 12.0. The molecule has 0 saturated carbocycles. The molecule has 0 fully saturated rings. The monoisotopic (exact) mass is 340 g/mol. The Labute approximate surface area is 143 Å². The molecule has 0 atom stereocenters. The van der Waals surface area contributed by atoms with Crippen LogP contribution in [-0.2, 0) is 22.6 Å². The second-order valence-electron chi connectivity index (χ2n) is 5.04. The van der Waals surface area contributed by atoms with E-state index in [0.717, 1.165) is 16.1 Å². The third-order valence-corrected chi connectivity index (χ3v) is 4.31. The van der Waals surface area contributed by atoms with Crippen molar-refractivity contribution in [3.8, 4) is 16.3 Å². The van der Waals surface area contributed by atoms with Gasteiger partial charge in [-0.2, -0.15) is 0 Å². The van der Waals surface area contributed by atoms with Gasteiger partial charge in [-0.1, -0.05) is 18.2 Å². The fourth-order valence-corrected chi connectivity index (χ4v) is 3.00. The van der Waals surface area contributed by atoms with Crippen molar-refractivity contribution in [3.05, 3.63) is 65.4 Å². The summed E-state index contributed by atoms with van der Waals surface area (Å²) in [4.78, 5) is 20.6. The molecule has 0 unspecified atom stereocenters. The average molecular weight is 340 g/mol. The number of nitrogens with zero attached hydrogens (tertiary/aromatic N) is 2. The van der Waals surface area contributed by atoms with E-state index in [4.69, 9.17) is 9.47 Å². The minimum Gasteiger partial charge on any atom is -0.496 e. The van der Waals surface area contributed by atoms with E-state index in [1.807, 2.05) is 41.8 Å². The van der Waals surface area contributed by atoms with Crippen LogP contribution >= 0.6 is 11.3 Å². The lowest BCUT2D eigenvalue weighted by molar-refractivity contribution is -0.144. The van der Waals surface area contributed by atoms with Crippen LogP contribution in [0.2, 0.25) is 0 Å². The quantitative estimate of drug-likeness (QED) is 0.643. The van der Waals surface area contributed by atoms with Gasteiger partial charge in [-0.15, -0.1) is 11.3 Å². The van der Waals surface area contributed by atoms with E-state index in [1.165, 1.54) is 11.3 Å². The summed E-state index contributed by atoms with van der Waals surface area (Å²) >= 11 is 1.49. The zero-order chi connectivity index (χ0) is 16.8. The number of carbonyl (C=O) groups is 1. The summed E-state index contributed by atoms with van der Waals surface area (Å²) in [6.45, 7) is 0.183. The predicted octanol–water partition coefficient (Wildman–Crippen LogP) is 3.50. The Hall–Kier alpha value is -2.73. The lowest BCUT2D eigenvalue weighted by atomic mass is 10.2. The largest absolute Gasteiger partial charge is 0.496 e.